The standard InChI is InChI=1S/C20H22ClN3O4/c1-20(2,19(26)28-4)24-17(25)16-18(27-3)23-15(11-5-6-11)14(22-16)12-7-9-13(21)10-8-12/h7-11H,5-6H2,1-4H3,(H,24,25). The second kappa shape index (κ2) is 7.75. The molecule has 0 spiro atoms. The molecule has 7 nitrogen and oxygen atoms in total. The van der Waals surface area contributed by atoms with Crippen LogP contribution in [0, 0.1) is 0 Å². The molecule has 1 aromatic heterocycles. The second-order valence-electron chi connectivity index (χ2n) is 7.17. The molecule has 1 aromatic carbocycles. The predicted molar refractivity (Wildman–Crippen MR) is 105 cm³/mol. The monoisotopic (exact) mass is 403 g/mol. The Labute approximate surface area is 168 Å². The van der Waals surface area contributed by atoms with E-state index in [-0.39, 0.29) is 17.5 Å². The quantitative estimate of drug-likeness (QED) is 0.743. The lowest BCUT2D eigenvalue weighted by Gasteiger charge is -2.23. The van der Waals surface area contributed by atoms with E-state index in [9.17, 15) is 9.59 Å². The Morgan fingerprint density at radius 3 is 2.32 bits per heavy atom. The Kier molecular flexibility index (Phi) is 5.56. The molecule has 0 atom stereocenters. The number of methoxy groups -OCH3 is 2. The van der Waals surface area contributed by atoms with E-state index in [1.807, 2.05) is 12.1 Å². The lowest BCUT2D eigenvalue weighted by atomic mass is 10.1. The van der Waals surface area contributed by atoms with Crippen LogP contribution in [0.4, 0.5) is 0 Å². The molecule has 1 amide bonds. The van der Waals surface area contributed by atoms with Gasteiger partial charge in [-0.25, -0.2) is 14.8 Å². The maximum atomic E-state index is 12.9. The smallest absolute Gasteiger partial charge is 0.330 e. The van der Waals surface area contributed by atoms with Gasteiger partial charge in [-0.2, -0.15) is 0 Å². The predicted octanol–water partition coefficient (Wildman–Crippen LogP) is 3.36. The molecule has 0 unspecified atom stereocenters. The summed E-state index contributed by atoms with van der Waals surface area (Å²) in [6, 6.07) is 7.20. The second-order valence-corrected chi connectivity index (χ2v) is 7.60. The molecule has 0 bridgehead atoms. The molecule has 1 fully saturated rings. The van der Waals surface area contributed by atoms with Gasteiger partial charge >= 0.3 is 5.97 Å². The summed E-state index contributed by atoms with van der Waals surface area (Å²) in [4.78, 5) is 33.9. The number of aromatic nitrogens is 2. The molecule has 3 rings (SSSR count). The summed E-state index contributed by atoms with van der Waals surface area (Å²) in [6.07, 6.45) is 2.03. The van der Waals surface area contributed by atoms with Gasteiger partial charge in [0.25, 0.3) is 5.91 Å². The minimum atomic E-state index is -1.23. The SMILES string of the molecule is COC(=O)C(C)(C)NC(=O)c1nc(-c2ccc(Cl)cc2)c(C2CC2)nc1OC. The highest BCUT2D eigenvalue weighted by molar-refractivity contribution is 6.30. The molecule has 1 N–H and O–H groups in total. The van der Waals surface area contributed by atoms with Crippen molar-refractivity contribution in [3.05, 3.63) is 40.7 Å². The molecule has 28 heavy (non-hydrogen) atoms. The van der Waals surface area contributed by atoms with Gasteiger partial charge in [0.05, 0.1) is 25.6 Å². The number of rotatable bonds is 6. The van der Waals surface area contributed by atoms with E-state index in [1.54, 1.807) is 26.0 Å². The number of carbonyl (C=O) groups is 2. The zero-order chi connectivity index (χ0) is 20.5. The zero-order valence-electron chi connectivity index (χ0n) is 16.2. The molecule has 1 aliphatic rings. The van der Waals surface area contributed by atoms with Gasteiger partial charge in [-0.1, -0.05) is 23.7 Å². The van der Waals surface area contributed by atoms with Gasteiger partial charge in [0.1, 0.15) is 5.54 Å². The zero-order valence-corrected chi connectivity index (χ0v) is 17.0. The van der Waals surface area contributed by atoms with E-state index in [1.165, 1.54) is 14.2 Å². The van der Waals surface area contributed by atoms with Crippen molar-refractivity contribution in [2.24, 2.45) is 0 Å². The Bertz CT molecular complexity index is 908. The molecule has 0 aliphatic heterocycles. The number of ether oxygens (including phenoxy) is 2. The summed E-state index contributed by atoms with van der Waals surface area (Å²) < 4.78 is 10.1. The molecule has 8 heteroatoms. The molecule has 0 radical (unpaired) electrons. The van der Waals surface area contributed by atoms with Crippen LogP contribution in [0.2, 0.25) is 5.02 Å². The molecule has 1 aliphatic carbocycles. The molecule has 1 heterocycles. The van der Waals surface area contributed by atoms with Crippen LogP contribution in [0.3, 0.4) is 0 Å². The molecular formula is C20H22ClN3O4. The van der Waals surface area contributed by atoms with Crippen LogP contribution < -0.4 is 10.1 Å². The maximum absolute atomic E-state index is 12.9. The fourth-order valence-electron chi connectivity index (χ4n) is 2.83. The van der Waals surface area contributed by atoms with Crippen molar-refractivity contribution < 1.29 is 19.1 Å². The molecule has 0 saturated heterocycles. The van der Waals surface area contributed by atoms with Gasteiger partial charge in [-0.05, 0) is 38.8 Å². The van der Waals surface area contributed by atoms with Crippen molar-refractivity contribution in [3.63, 3.8) is 0 Å². The first-order valence-electron chi connectivity index (χ1n) is 8.89. The highest BCUT2D eigenvalue weighted by Gasteiger charge is 2.35. The molecule has 1 saturated carbocycles. The Morgan fingerprint density at radius 2 is 1.79 bits per heavy atom. The molecule has 2 aromatic rings. The van der Waals surface area contributed by atoms with Crippen LogP contribution in [0.1, 0.15) is 48.8 Å². The average molecular weight is 404 g/mol. The van der Waals surface area contributed by atoms with E-state index in [0.717, 1.165) is 24.1 Å². The summed E-state index contributed by atoms with van der Waals surface area (Å²) in [6.45, 7) is 3.10. The Morgan fingerprint density at radius 1 is 1.14 bits per heavy atom. The number of hydrogen-bond acceptors (Lipinski definition) is 6. The third-order valence-electron chi connectivity index (χ3n) is 4.50. The summed E-state index contributed by atoms with van der Waals surface area (Å²) in [5.41, 5.74) is 0.995. The van der Waals surface area contributed by atoms with Crippen molar-refractivity contribution in [1.82, 2.24) is 15.3 Å². The van der Waals surface area contributed by atoms with Crippen LogP contribution in [-0.2, 0) is 9.53 Å². The normalized spacial score (nSPS) is 13.8. The van der Waals surface area contributed by atoms with E-state index >= 15 is 0 Å². The first-order chi connectivity index (χ1) is 13.3. The van der Waals surface area contributed by atoms with Gasteiger partial charge in [-0.3, -0.25) is 4.79 Å². The fourth-order valence-corrected chi connectivity index (χ4v) is 2.96. The van der Waals surface area contributed by atoms with Crippen molar-refractivity contribution in [1.29, 1.82) is 0 Å². The van der Waals surface area contributed by atoms with Crippen molar-refractivity contribution in [2.45, 2.75) is 38.1 Å². The van der Waals surface area contributed by atoms with Crippen LogP contribution in [0.15, 0.2) is 24.3 Å². The lowest BCUT2D eigenvalue weighted by Crippen LogP contribution is -2.50. The Balaban J connectivity index is 2.05. The van der Waals surface area contributed by atoms with E-state index in [2.05, 4.69) is 15.3 Å². The van der Waals surface area contributed by atoms with Gasteiger partial charge in [0, 0.05) is 16.5 Å². The number of halogens is 1. The highest BCUT2D eigenvalue weighted by Crippen LogP contribution is 2.43. The van der Waals surface area contributed by atoms with E-state index < -0.39 is 17.4 Å². The number of amides is 1. The van der Waals surface area contributed by atoms with Crippen molar-refractivity contribution in [3.8, 4) is 17.1 Å². The fraction of sp³-hybridized carbons (Fsp3) is 0.400. The third-order valence-corrected chi connectivity index (χ3v) is 4.75. The number of nitrogens with zero attached hydrogens (tertiary/aromatic N) is 2. The number of hydrogen-bond donors (Lipinski definition) is 1. The van der Waals surface area contributed by atoms with Crippen LogP contribution in [0.5, 0.6) is 5.88 Å². The van der Waals surface area contributed by atoms with Gasteiger partial charge in [0.15, 0.2) is 5.69 Å². The average Bonchev–Trinajstić information content (AvgIpc) is 3.51. The summed E-state index contributed by atoms with van der Waals surface area (Å²) in [5, 5.41) is 3.24. The highest BCUT2D eigenvalue weighted by atomic mass is 35.5. The van der Waals surface area contributed by atoms with Gasteiger partial charge in [-0.15, -0.1) is 0 Å². The van der Waals surface area contributed by atoms with Crippen molar-refractivity contribution in [2.75, 3.05) is 14.2 Å². The number of nitrogens with one attached hydrogen (secondary N) is 1. The first kappa shape index (κ1) is 20.1. The molecule has 148 valence electrons. The van der Waals surface area contributed by atoms with Gasteiger partial charge < -0.3 is 14.8 Å². The minimum Gasteiger partial charge on any atom is -0.479 e. The van der Waals surface area contributed by atoms with E-state index in [0.29, 0.717) is 10.7 Å². The molecular weight excluding hydrogens is 382 g/mol. The maximum Gasteiger partial charge on any atom is 0.330 e. The first-order valence-corrected chi connectivity index (χ1v) is 9.27. The summed E-state index contributed by atoms with van der Waals surface area (Å²) in [5.74, 6) is -0.730. The van der Waals surface area contributed by atoms with Crippen LogP contribution >= 0.6 is 11.6 Å². The van der Waals surface area contributed by atoms with Crippen LogP contribution in [0.25, 0.3) is 11.3 Å². The Hall–Kier alpha value is -2.67. The minimum absolute atomic E-state index is 0.00817. The number of benzene rings is 1. The van der Waals surface area contributed by atoms with Crippen LogP contribution in [-0.4, -0.2) is 41.6 Å². The summed E-state index contributed by atoms with van der Waals surface area (Å²) in [7, 11) is 2.70. The van der Waals surface area contributed by atoms with Crippen molar-refractivity contribution >= 4 is 23.5 Å². The third kappa shape index (κ3) is 4.09. The number of carbonyl (C=O) groups excluding carboxylic acids is 2. The lowest BCUT2D eigenvalue weighted by molar-refractivity contribution is -0.146. The topological polar surface area (TPSA) is 90.4 Å². The van der Waals surface area contributed by atoms with Gasteiger partial charge in [0.2, 0.25) is 5.88 Å². The number of esters is 1. The van der Waals surface area contributed by atoms with E-state index in [4.69, 9.17) is 21.1 Å². The largest absolute Gasteiger partial charge is 0.479 e. The summed E-state index contributed by atoms with van der Waals surface area (Å²) >= 11 is 6.00.